The van der Waals surface area contributed by atoms with Crippen LogP contribution in [0.3, 0.4) is 0 Å². The molecule has 0 saturated carbocycles. The average molecular weight is 82.1 g/mol. The summed E-state index contributed by atoms with van der Waals surface area (Å²) >= 11 is -1.12. The number of hydrogen-bond donors (Lipinski definition) is 1. The van der Waals surface area contributed by atoms with E-state index >= 15 is 0 Å². The van der Waals surface area contributed by atoms with Gasteiger partial charge in [-0.1, -0.05) is 0 Å². The van der Waals surface area contributed by atoms with Gasteiger partial charge in [0.1, 0.15) is 0 Å². The van der Waals surface area contributed by atoms with Gasteiger partial charge in [0, 0.05) is 0 Å². The molecule has 0 amide bonds. The van der Waals surface area contributed by atoms with Crippen LogP contribution < -0.4 is 0 Å². The normalized spacial score (nSPS) is 11.2. The fraction of sp³-hybridized carbons (Fsp3) is 1.00. The van der Waals surface area contributed by atoms with Crippen LogP contribution in [0.2, 0.25) is 0 Å². The van der Waals surface area contributed by atoms with Crippen molar-refractivity contribution in [3.8, 4) is 0 Å². The summed E-state index contributed by atoms with van der Waals surface area (Å²) in [4.78, 5) is 0. The maximum Gasteiger partial charge on any atom is -0.0109 e. The van der Waals surface area contributed by atoms with Gasteiger partial charge in [0.2, 0.25) is 0 Å². The molecule has 0 fully saturated rings. The van der Waals surface area contributed by atoms with E-state index in [0.717, 1.165) is 0 Å². The fourth-order valence-electron chi connectivity index (χ4n) is 0. The van der Waals surface area contributed by atoms with Gasteiger partial charge in [0.15, 0.2) is 0 Å². The molecule has 0 aliphatic rings. The third kappa shape index (κ3) is 47.6. The van der Waals surface area contributed by atoms with Crippen LogP contribution in [0.15, 0.2) is 0 Å². The second-order valence-electron chi connectivity index (χ2n) is 0.785. The molecule has 0 unspecified atom stereocenters. The van der Waals surface area contributed by atoms with Gasteiger partial charge in [-0.3, -0.25) is 0 Å². The van der Waals surface area contributed by atoms with Crippen LogP contribution in [-0.2, 0) is 0 Å². The smallest absolute Gasteiger partial charge is 0.0109 e. The second-order valence-corrected chi connectivity index (χ2v) is 2.36. The van der Waals surface area contributed by atoms with E-state index in [1.165, 1.54) is 0 Å². The van der Waals surface area contributed by atoms with E-state index in [9.17, 15) is 3.89 Å². The summed E-state index contributed by atoms with van der Waals surface area (Å²) in [5.74, 6) is 0. The number of thiol groups is 1. The first-order chi connectivity index (χ1) is 1.73. The van der Waals surface area contributed by atoms with Crippen LogP contribution >= 0.6 is 11.3 Å². The van der Waals surface area contributed by atoms with Crippen molar-refractivity contribution in [2.45, 2.75) is 0 Å². The Morgan fingerprint density at radius 2 is 1.50 bits per heavy atom. The van der Waals surface area contributed by atoms with Gasteiger partial charge >= 0.3 is 0 Å². The summed E-state index contributed by atoms with van der Waals surface area (Å²) in [5, 5.41) is 0. The zero-order valence-electron chi connectivity index (χ0n) is 2.83. The molecule has 0 aromatic carbocycles. The maximum absolute atomic E-state index is 11.1. The van der Waals surface area contributed by atoms with Gasteiger partial charge in [-0.25, -0.2) is 0 Å². The van der Waals surface area contributed by atoms with Crippen LogP contribution in [0.25, 0.3) is 0 Å². The molecule has 0 nitrogen and oxygen atoms in total. The van der Waals surface area contributed by atoms with Crippen molar-refractivity contribution in [3.63, 3.8) is 0 Å². The minimum Gasteiger partial charge on any atom is -0.193 e. The lowest BCUT2D eigenvalue weighted by Crippen LogP contribution is -1.46. The van der Waals surface area contributed by atoms with Crippen LogP contribution in [-0.4, -0.2) is 12.5 Å². The van der Waals surface area contributed by atoms with Gasteiger partial charge in [0.25, 0.3) is 0 Å². The highest BCUT2D eigenvalue weighted by Gasteiger charge is 1.64. The van der Waals surface area contributed by atoms with Gasteiger partial charge in [-0.15, -0.1) is 11.3 Å². The molecule has 0 radical (unpaired) electrons. The third-order valence-corrected chi connectivity index (χ3v) is 0. The summed E-state index contributed by atoms with van der Waals surface area (Å²) in [6, 6.07) is 0. The predicted molar refractivity (Wildman–Crippen MR) is 21.9 cm³/mol. The van der Waals surface area contributed by atoms with E-state index in [1.54, 1.807) is 12.5 Å². The molecule has 4 heavy (non-hydrogen) atoms. The van der Waals surface area contributed by atoms with E-state index in [1.807, 2.05) is 0 Å². The number of hydrogen-bond acceptors (Lipinski definition) is 0. The molecule has 0 aromatic heterocycles. The van der Waals surface area contributed by atoms with Crippen molar-refractivity contribution in [2.75, 3.05) is 12.5 Å². The minimum atomic E-state index is -1.12. The van der Waals surface area contributed by atoms with Crippen molar-refractivity contribution in [2.24, 2.45) is 0 Å². The summed E-state index contributed by atoms with van der Waals surface area (Å²) in [5.41, 5.74) is 0. The summed E-state index contributed by atoms with van der Waals surface area (Å²) in [6.45, 7) is 0. The second kappa shape index (κ2) is 1.58. The summed E-state index contributed by atoms with van der Waals surface area (Å²) in [7, 11) is 0. The predicted octanol–water partition coefficient (Wildman–Crippen LogP) is 1.13. The largest absolute Gasteiger partial charge is 0.193 e. The van der Waals surface area contributed by atoms with Gasteiger partial charge < -0.3 is 0 Å². The fourth-order valence-corrected chi connectivity index (χ4v) is 0. The molecular formula is C2H7FS. The Kier molecular flexibility index (Phi) is 1.70. The SMILES string of the molecule is C[SH](C)F. The molecule has 0 aliphatic heterocycles. The zero-order chi connectivity index (χ0) is 3.58. The first-order valence-corrected chi connectivity index (χ1v) is 3.19. The Balaban J connectivity index is 2.32. The van der Waals surface area contributed by atoms with Crippen LogP contribution in [0, 0.1) is 0 Å². The Labute approximate surface area is 28.7 Å². The van der Waals surface area contributed by atoms with Crippen LogP contribution in [0.4, 0.5) is 3.89 Å². The molecule has 28 valence electrons. The number of halogens is 1. The van der Waals surface area contributed by atoms with E-state index in [4.69, 9.17) is 0 Å². The van der Waals surface area contributed by atoms with Crippen molar-refractivity contribution in [1.29, 1.82) is 0 Å². The molecule has 0 aliphatic carbocycles. The standard InChI is InChI=1S/C2H7FS/c1-4(2)3/h4H,1-2H3. The molecular weight excluding hydrogens is 75.1 g/mol. The van der Waals surface area contributed by atoms with E-state index < -0.39 is 11.3 Å². The highest BCUT2D eigenvalue weighted by atomic mass is 32.2. The van der Waals surface area contributed by atoms with E-state index in [2.05, 4.69) is 0 Å². The lowest BCUT2D eigenvalue weighted by Gasteiger charge is -1.82. The Bertz CT molecular complexity index is 10.8. The molecule has 0 atom stereocenters. The Hall–Kier alpha value is 0.280. The highest BCUT2D eigenvalue weighted by Crippen LogP contribution is 2.11. The molecule has 0 saturated heterocycles. The summed E-state index contributed by atoms with van der Waals surface area (Å²) < 4.78 is 11.1. The van der Waals surface area contributed by atoms with Gasteiger partial charge in [0.05, 0.1) is 0 Å². The Morgan fingerprint density at radius 3 is 1.50 bits per heavy atom. The molecule has 0 N–H and O–H groups in total. The van der Waals surface area contributed by atoms with Crippen molar-refractivity contribution < 1.29 is 3.89 Å². The van der Waals surface area contributed by atoms with E-state index in [-0.39, 0.29) is 0 Å². The quantitative estimate of drug-likeness (QED) is 0.416. The molecule has 2 heteroatoms. The zero-order valence-corrected chi connectivity index (χ0v) is 3.72. The van der Waals surface area contributed by atoms with Crippen molar-refractivity contribution >= 4 is 11.3 Å². The van der Waals surface area contributed by atoms with Crippen LogP contribution in [0.5, 0.6) is 0 Å². The number of rotatable bonds is 0. The molecule has 0 bridgehead atoms. The van der Waals surface area contributed by atoms with Crippen LogP contribution in [0.1, 0.15) is 0 Å². The third-order valence-electron chi connectivity index (χ3n) is 0. The highest BCUT2D eigenvalue weighted by molar-refractivity contribution is 8.11. The topological polar surface area (TPSA) is 0 Å². The van der Waals surface area contributed by atoms with E-state index in [0.29, 0.717) is 0 Å². The minimum absolute atomic E-state index is 1.12. The van der Waals surface area contributed by atoms with Gasteiger partial charge in [-0.05, 0) is 12.5 Å². The molecule has 0 aromatic rings. The molecule has 0 rings (SSSR count). The maximum atomic E-state index is 11.1. The summed E-state index contributed by atoms with van der Waals surface area (Å²) in [6.07, 6.45) is 3.13. The lowest BCUT2D eigenvalue weighted by molar-refractivity contribution is 0.929. The first-order valence-electron chi connectivity index (χ1n) is 1.06. The van der Waals surface area contributed by atoms with Gasteiger partial charge in [-0.2, -0.15) is 3.89 Å². The molecule has 0 heterocycles. The Morgan fingerprint density at radius 1 is 1.50 bits per heavy atom. The monoisotopic (exact) mass is 82.0 g/mol. The first kappa shape index (κ1) is 4.28. The molecule has 0 spiro atoms. The van der Waals surface area contributed by atoms with Crippen molar-refractivity contribution in [1.82, 2.24) is 0 Å². The van der Waals surface area contributed by atoms with Crippen molar-refractivity contribution in [3.05, 3.63) is 0 Å². The average Bonchev–Trinajstić information content (AvgIpc) is 0.811. The lowest BCUT2D eigenvalue weighted by atomic mass is 11.9.